The number of hydrogen-bond donors (Lipinski definition) is 4. The number of nitrogens with zero attached hydrogens (tertiary/aromatic N) is 1. The number of carbonyl (C=O) groups excluding carboxylic acids is 2. The van der Waals surface area contributed by atoms with Gasteiger partial charge < -0.3 is 25.3 Å². The van der Waals surface area contributed by atoms with Gasteiger partial charge in [-0.3, -0.25) is 14.4 Å². The van der Waals surface area contributed by atoms with Crippen LogP contribution in [0.2, 0.25) is 0 Å². The highest BCUT2D eigenvalue weighted by molar-refractivity contribution is 9.13. The van der Waals surface area contributed by atoms with Crippen LogP contribution in [0.25, 0.3) is 0 Å². The Morgan fingerprint density at radius 3 is 2.52 bits per heavy atom. The van der Waals surface area contributed by atoms with Crippen molar-refractivity contribution in [1.29, 1.82) is 0 Å². The minimum Gasteiger partial charge on any atom is -0.480 e. The summed E-state index contributed by atoms with van der Waals surface area (Å²) < 4.78 is 1.37. The second kappa shape index (κ2) is 7.01. The second-order valence-electron chi connectivity index (χ2n) is 4.56. The number of carbonyl (C=O) groups is 3. The Morgan fingerprint density at radius 1 is 1.26 bits per heavy atom. The second-order valence-corrected chi connectivity index (χ2v) is 6.20. The van der Waals surface area contributed by atoms with Gasteiger partial charge >= 0.3 is 5.97 Å². The van der Waals surface area contributed by atoms with Gasteiger partial charge in [-0.25, -0.2) is 0 Å². The molecule has 122 valence electrons. The molecule has 2 heterocycles. The zero-order valence-electron chi connectivity index (χ0n) is 11.8. The maximum absolute atomic E-state index is 12.4. The van der Waals surface area contributed by atoms with E-state index in [4.69, 9.17) is 5.11 Å². The summed E-state index contributed by atoms with van der Waals surface area (Å²) in [5.41, 5.74) is 0.997. The van der Waals surface area contributed by atoms with E-state index in [2.05, 4.69) is 47.1 Å². The third-order valence-electron chi connectivity index (χ3n) is 2.96. The van der Waals surface area contributed by atoms with Gasteiger partial charge in [0.1, 0.15) is 17.9 Å². The zero-order valence-corrected chi connectivity index (χ0v) is 15.0. The molecule has 0 saturated carbocycles. The number of halogens is 2. The molecule has 0 spiro atoms. The number of nitrogens with one attached hydrogen (secondary N) is 3. The summed E-state index contributed by atoms with van der Waals surface area (Å²) in [7, 11) is 1.56. The molecule has 4 N–H and O–H groups in total. The van der Waals surface area contributed by atoms with Gasteiger partial charge in [-0.05, 0) is 44.0 Å². The molecule has 0 atom stereocenters. The Morgan fingerprint density at radius 2 is 1.96 bits per heavy atom. The zero-order chi connectivity index (χ0) is 17.1. The molecule has 0 aliphatic carbocycles. The monoisotopic (exact) mass is 446 g/mol. The first kappa shape index (κ1) is 17.3. The van der Waals surface area contributed by atoms with E-state index in [0.717, 1.165) is 4.47 Å². The van der Waals surface area contributed by atoms with Crippen LogP contribution in [-0.2, 0) is 4.79 Å². The van der Waals surface area contributed by atoms with E-state index in [1.54, 1.807) is 13.1 Å². The number of H-pyrrole nitrogens is 2. The summed E-state index contributed by atoms with van der Waals surface area (Å²) in [5, 5.41) is 10.8. The molecule has 8 nitrogen and oxygen atoms in total. The molecule has 0 radical (unpaired) electrons. The number of anilines is 1. The molecule has 2 aromatic rings. The Kier molecular flexibility index (Phi) is 5.26. The van der Waals surface area contributed by atoms with Crippen molar-refractivity contribution in [3.63, 3.8) is 0 Å². The van der Waals surface area contributed by atoms with Crippen LogP contribution in [0.15, 0.2) is 27.4 Å². The fraction of sp³-hybridized carbons (Fsp3) is 0.154. The lowest BCUT2D eigenvalue weighted by molar-refractivity contribution is -0.135. The maximum atomic E-state index is 12.4. The van der Waals surface area contributed by atoms with Crippen LogP contribution in [0.1, 0.15) is 21.0 Å². The number of hydrogen-bond acceptors (Lipinski definition) is 3. The molecule has 0 bridgehead atoms. The fourth-order valence-corrected chi connectivity index (χ4v) is 2.43. The first-order valence-electron chi connectivity index (χ1n) is 6.30. The molecule has 0 aliphatic rings. The van der Waals surface area contributed by atoms with Gasteiger partial charge in [-0.15, -0.1) is 0 Å². The predicted octanol–water partition coefficient (Wildman–Crippen LogP) is 1.96. The van der Waals surface area contributed by atoms with Crippen LogP contribution in [0.4, 0.5) is 5.69 Å². The highest BCUT2D eigenvalue weighted by Gasteiger charge is 2.19. The predicted molar refractivity (Wildman–Crippen MR) is 89.7 cm³/mol. The maximum Gasteiger partial charge on any atom is 0.322 e. The SMILES string of the molecule is CN(C(=O)c1cc(Br)c(Br)[nH]1)c1c[nH]c(C(=O)NCC(=O)O)c1. The summed E-state index contributed by atoms with van der Waals surface area (Å²) in [4.78, 5) is 41.5. The number of carboxylic acids is 1. The van der Waals surface area contributed by atoms with Crippen LogP contribution < -0.4 is 10.2 Å². The quantitative estimate of drug-likeness (QED) is 0.560. The summed E-state index contributed by atoms with van der Waals surface area (Å²) in [6.07, 6.45) is 1.49. The van der Waals surface area contributed by atoms with Crippen LogP contribution in [0, 0.1) is 0 Å². The van der Waals surface area contributed by atoms with E-state index in [1.165, 1.54) is 17.2 Å². The third kappa shape index (κ3) is 4.02. The van der Waals surface area contributed by atoms with E-state index in [-0.39, 0.29) is 11.6 Å². The molecule has 2 aromatic heterocycles. The van der Waals surface area contributed by atoms with Crippen molar-refractivity contribution in [1.82, 2.24) is 15.3 Å². The van der Waals surface area contributed by atoms with Gasteiger partial charge in [-0.1, -0.05) is 0 Å². The summed E-state index contributed by atoms with van der Waals surface area (Å²) >= 11 is 6.55. The van der Waals surface area contributed by atoms with Crippen molar-refractivity contribution in [2.75, 3.05) is 18.5 Å². The number of carboxylic acid groups (broad SMARTS) is 1. The van der Waals surface area contributed by atoms with Gasteiger partial charge in [0.25, 0.3) is 11.8 Å². The average Bonchev–Trinajstić information content (AvgIpc) is 3.11. The van der Waals surface area contributed by atoms with Gasteiger partial charge in [-0.2, -0.15) is 0 Å². The summed E-state index contributed by atoms with van der Waals surface area (Å²) in [6, 6.07) is 3.10. The molecule has 0 aliphatic heterocycles. The van der Waals surface area contributed by atoms with E-state index in [0.29, 0.717) is 16.0 Å². The number of aromatic nitrogens is 2. The van der Waals surface area contributed by atoms with Crippen LogP contribution >= 0.6 is 31.9 Å². The van der Waals surface area contributed by atoms with Gasteiger partial charge in [0.15, 0.2) is 0 Å². The van der Waals surface area contributed by atoms with Crippen LogP contribution in [-0.4, -0.2) is 46.5 Å². The van der Waals surface area contributed by atoms with E-state index >= 15 is 0 Å². The van der Waals surface area contributed by atoms with Gasteiger partial charge in [0.2, 0.25) is 0 Å². The number of aromatic amines is 2. The Bertz CT molecular complexity index is 748. The van der Waals surface area contributed by atoms with Crippen LogP contribution in [0.5, 0.6) is 0 Å². The molecular formula is C13H12Br2N4O4. The molecule has 23 heavy (non-hydrogen) atoms. The normalized spacial score (nSPS) is 10.4. The largest absolute Gasteiger partial charge is 0.480 e. The van der Waals surface area contributed by atoms with E-state index in [9.17, 15) is 14.4 Å². The van der Waals surface area contributed by atoms with Crippen molar-refractivity contribution in [3.8, 4) is 0 Å². The van der Waals surface area contributed by atoms with Gasteiger partial charge in [0, 0.05) is 13.2 Å². The number of aliphatic carboxylic acids is 1. The van der Waals surface area contributed by atoms with Crippen molar-refractivity contribution in [2.45, 2.75) is 0 Å². The molecule has 2 rings (SSSR count). The summed E-state index contributed by atoms with van der Waals surface area (Å²) in [6.45, 7) is -0.480. The average molecular weight is 448 g/mol. The Hall–Kier alpha value is -2.07. The van der Waals surface area contributed by atoms with Crippen molar-refractivity contribution >= 4 is 55.3 Å². The summed E-state index contributed by atoms with van der Waals surface area (Å²) in [5.74, 6) is -2.00. The van der Waals surface area contributed by atoms with Crippen molar-refractivity contribution in [3.05, 3.63) is 38.8 Å². The Labute approximate surface area is 147 Å². The topological polar surface area (TPSA) is 118 Å². The lowest BCUT2D eigenvalue weighted by Gasteiger charge is -2.14. The fourth-order valence-electron chi connectivity index (χ4n) is 1.78. The minimum atomic E-state index is -1.14. The third-order valence-corrected chi connectivity index (χ3v) is 4.74. The molecule has 2 amide bonds. The first-order valence-corrected chi connectivity index (χ1v) is 7.88. The lowest BCUT2D eigenvalue weighted by atomic mass is 10.3. The number of amides is 2. The molecule has 0 fully saturated rings. The highest BCUT2D eigenvalue weighted by atomic mass is 79.9. The molecule has 0 aromatic carbocycles. The molecular weight excluding hydrogens is 436 g/mol. The van der Waals surface area contributed by atoms with E-state index in [1.807, 2.05) is 0 Å². The van der Waals surface area contributed by atoms with Crippen molar-refractivity contribution < 1.29 is 19.5 Å². The first-order chi connectivity index (χ1) is 10.8. The van der Waals surface area contributed by atoms with Gasteiger partial charge in [0.05, 0.1) is 14.8 Å². The molecule has 0 saturated heterocycles. The minimum absolute atomic E-state index is 0.162. The highest BCUT2D eigenvalue weighted by Crippen LogP contribution is 2.25. The van der Waals surface area contributed by atoms with Crippen LogP contribution in [0.3, 0.4) is 0 Å². The molecule has 10 heteroatoms. The molecule has 0 unspecified atom stereocenters. The van der Waals surface area contributed by atoms with E-state index < -0.39 is 18.4 Å². The van der Waals surface area contributed by atoms with Crippen molar-refractivity contribution in [2.24, 2.45) is 0 Å². The standard InChI is InChI=1S/C13H12Br2N4O4/c1-19(13(23)9-3-7(14)11(15)18-9)6-2-8(16-4-6)12(22)17-5-10(20)21/h2-4,16,18H,5H2,1H3,(H,17,22)(H,20,21). The Balaban J connectivity index is 2.11. The lowest BCUT2D eigenvalue weighted by Crippen LogP contribution is -2.29. The number of rotatable bonds is 5. The smallest absolute Gasteiger partial charge is 0.322 e.